The molecule has 5 rings (SSSR count). The molecule has 3 aromatic heterocycles. The number of imidazole rings is 1. The third-order valence-corrected chi connectivity index (χ3v) is 5.45. The van der Waals surface area contributed by atoms with Gasteiger partial charge in [0.1, 0.15) is 17.5 Å². The van der Waals surface area contributed by atoms with Crippen LogP contribution in [-0.2, 0) is 6.54 Å². The first-order chi connectivity index (χ1) is 15.0. The molecule has 0 aliphatic carbocycles. The number of anilines is 1. The number of carbonyl (C=O) groups is 1. The molecule has 0 saturated heterocycles. The van der Waals surface area contributed by atoms with Gasteiger partial charge in [-0.15, -0.1) is 0 Å². The van der Waals surface area contributed by atoms with Crippen LogP contribution in [0.1, 0.15) is 15.9 Å². The van der Waals surface area contributed by atoms with Crippen LogP contribution < -0.4 is 10.6 Å². The zero-order valence-electron chi connectivity index (χ0n) is 16.7. The summed E-state index contributed by atoms with van der Waals surface area (Å²) in [5, 5.41) is 0. The Balaban J connectivity index is 1.66. The maximum atomic E-state index is 14.3. The third-order valence-electron chi connectivity index (χ3n) is 5.45. The Morgan fingerprint density at radius 1 is 1.06 bits per heavy atom. The van der Waals surface area contributed by atoms with Gasteiger partial charge in [0.2, 0.25) is 0 Å². The average molecular weight is 418 g/mol. The fourth-order valence-electron chi connectivity index (χ4n) is 3.81. The van der Waals surface area contributed by atoms with Crippen molar-refractivity contribution in [3.8, 4) is 5.82 Å². The van der Waals surface area contributed by atoms with Crippen molar-refractivity contribution < 1.29 is 9.18 Å². The predicted octanol–water partition coefficient (Wildman–Crippen LogP) is 2.34. The van der Waals surface area contributed by atoms with Crippen LogP contribution in [0, 0.1) is 5.82 Å². The lowest BCUT2D eigenvalue weighted by molar-refractivity contribution is 0.0804. The Bertz CT molecular complexity index is 1360. The first-order valence-corrected chi connectivity index (χ1v) is 9.84. The number of nitrogens with one attached hydrogen (secondary N) is 1. The first-order valence-electron chi connectivity index (χ1n) is 9.84. The summed E-state index contributed by atoms with van der Waals surface area (Å²) < 4.78 is 15.7. The van der Waals surface area contributed by atoms with E-state index in [9.17, 15) is 14.0 Å². The monoisotopic (exact) mass is 418 g/mol. The maximum Gasteiger partial charge on any atom is 0.333 e. The maximum absolute atomic E-state index is 14.3. The van der Waals surface area contributed by atoms with Crippen molar-refractivity contribution in [1.82, 2.24) is 24.4 Å². The highest BCUT2D eigenvalue weighted by Gasteiger charge is 2.27. The highest BCUT2D eigenvalue weighted by Crippen LogP contribution is 2.27. The number of amides is 1. The van der Waals surface area contributed by atoms with Gasteiger partial charge in [-0.25, -0.2) is 23.7 Å². The van der Waals surface area contributed by atoms with E-state index >= 15 is 0 Å². The number of hydrogen-bond donors (Lipinski definition) is 1. The summed E-state index contributed by atoms with van der Waals surface area (Å²) in [6.45, 7) is 1.20. The third kappa shape index (κ3) is 3.24. The van der Waals surface area contributed by atoms with Gasteiger partial charge in [0.05, 0.1) is 11.1 Å². The van der Waals surface area contributed by atoms with Gasteiger partial charge in [-0.1, -0.05) is 18.2 Å². The molecule has 0 atom stereocenters. The number of halogens is 1. The van der Waals surface area contributed by atoms with Gasteiger partial charge in [0.15, 0.2) is 5.65 Å². The Hall–Kier alpha value is -4.01. The van der Waals surface area contributed by atoms with Gasteiger partial charge in [-0.3, -0.25) is 9.78 Å². The Kier molecular flexibility index (Phi) is 4.50. The molecule has 1 aliphatic heterocycles. The zero-order chi connectivity index (χ0) is 21.5. The van der Waals surface area contributed by atoms with Gasteiger partial charge in [-0.05, 0) is 30.3 Å². The topological polar surface area (TPSA) is 87.1 Å². The van der Waals surface area contributed by atoms with Gasteiger partial charge < -0.3 is 9.80 Å². The van der Waals surface area contributed by atoms with E-state index in [1.54, 1.807) is 60.6 Å². The second-order valence-corrected chi connectivity index (χ2v) is 7.42. The quantitative estimate of drug-likeness (QED) is 0.552. The van der Waals surface area contributed by atoms with E-state index in [-0.39, 0.29) is 24.0 Å². The number of pyridine rings is 2. The number of aromatic nitrogens is 4. The smallest absolute Gasteiger partial charge is 0.333 e. The lowest BCUT2D eigenvalue weighted by atomic mass is 10.1. The Morgan fingerprint density at radius 3 is 2.74 bits per heavy atom. The van der Waals surface area contributed by atoms with Crippen LogP contribution in [0.25, 0.3) is 17.0 Å². The van der Waals surface area contributed by atoms with Crippen LogP contribution in [0.15, 0.2) is 59.5 Å². The number of likely N-dealkylation sites (N-methyl/N-ethyl adjacent to an activating group) is 1. The molecule has 0 spiro atoms. The Morgan fingerprint density at radius 2 is 1.90 bits per heavy atom. The molecule has 8 nitrogen and oxygen atoms in total. The molecule has 0 bridgehead atoms. The summed E-state index contributed by atoms with van der Waals surface area (Å²) in [7, 11) is 1.72. The average Bonchev–Trinajstić information content (AvgIpc) is 3.06. The fourth-order valence-corrected chi connectivity index (χ4v) is 3.81. The minimum Gasteiger partial charge on any atom is -0.350 e. The van der Waals surface area contributed by atoms with Crippen molar-refractivity contribution in [3.05, 3.63) is 82.2 Å². The lowest BCUT2D eigenvalue weighted by Crippen LogP contribution is -2.31. The number of nitrogens with zero attached hydrogens (tertiary/aromatic N) is 5. The molecule has 9 heteroatoms. The highest BCUT2D eigenvalue weighted by molar-refractivity contribution is 5.99. The van der Waals surface area contributed by atoms with Gasteiger partial charge in [-0.2, -0.15) is 0 Å². The summed E-state index contributed by atoms with van der Waals surface area (Å²) in [5.74, 6) is 0.292. The molecule has 1 amide bonds. The van der Waals surface area contributed by atoms with E-state index in [2.05, 4.69) is 15.0 Å². The van der Waals surface area contributed by atoms with Gasteiger partial charge in [0.25, 0.3) is 5.91 Å². The van der Waals surface area contributed by atoms with Crippen LogP contribution in [0.5, 0.6) is 0 Å². The van der Waals surface area contributed by atoms with E-state index < -0.39 is 0 Å². The van der Waals surface area contributed by atoms with E-state index in [0.717, 1.165) is 0 Å². The van der Waals surface area contributed by atoms with E-state index in [4.69, 9.17) is 0 Å². The van der Waals surface area contributed by atoms with Crippen molar-refractivity contribution in [2.45, 2.75) is 6.54 Å². The Labute approximate surface area is 176 Å². The van der Waals surface area contributed by atoms with Gasteiger partial charge >= 0.3 is 5.69 Å². The second-order valence-electron chi connectivity index (χ2n) is 7.42. The van der Waals surface area contributed by atoms with E-state index in [1.165, 1.54) is 10.6 Å². The molecular weight excluding hydrogens is 399 g/mol. The van der Waals surface area contributed by atoms with Crippen LogP contribution in [-0.4, -0.2) is 50.5 Å². The number of carbonyl (C=O) groups excluding carboxylic acids is 1. The molecule has 1 aromatic carbocycles. The number of fused-ring (bicyclic) bond motifs is 2. The molecular formula is C22H19FN6O2. The summed E-state index contributed by atoms with van der Waals surface area (Å²) >= 11 is 0. The van der Waals surface area contributed by atoms with Crippen LogP contribution >= 0.6 is 0 Å². The second kappa shape index (κ2) is 7.35. The fraction of sp³-hybridized carbons (Fsp3) is 0.182. The zero-order valence-corrected chi connectivity index (χ0v) is 16.7. The van der Waals surface area contributed by atoms with Crippen LogP contribution in [0.4, 0.5) is 10.2 Å². The van der Waals surface area contributed by atoms with E-state index in [1.807, 2.05) is 4.90 Å². The molecule has 0 radical (unpaired) electrons. The molecule has 4 heterocycles. The number of aromatic amines is 1. The normalized spacial score (nSPS) is 14.1. The molecule has 31 heavy (non-hydrogen) atoms. The SMILES string of the molecule is CN1CCN(Cc2ccccc2F)c2nc(-n3c(=O)[nH]c4ncccc43)ccc2C1=O. The number of benzene rings is 1. The van der Waals surface area contributed by atoms with Crippen LogP contribution in [0.3, 0.4) is 0 Å². The molecule has 1 N–H and O–H groups in total. The van der Waals surface area contributed by atoms with Gasteiger partial charge in [0, 0.05) is 38.4 Å². The number of hydrogen-bond acceptors (Lipinski definition) is 5. The summed E-state index contributed by atoms with van der Waals surface area (Å²) in [6.07, 6.45) is 1.59. The molecule has 4 aromatic rings. The van der Waals surface area contributed by atoms with Crippen LogP contribution in [0.2, 0.25) is 0 Å². The van der Waals surface area contributed by atoms with E-state index in [0.29, 0.717) is 47.0 Å². The number of rotatable bonds is 3. The molecule has 0 saturated carbocycles. The largest absolute Gasteiger partial charge is 0.350 e. The first kappa shape index (κ1) is 19.0. The predicted molar refractivity (Wildman–Crippen MR) is 114 cm³/mol. The van der Waals surface area contributed by atoms with Crippen molar-refractivity contribution in [1.29, 1.82) is 0 Å². The molecule has 1 aliphatic rings. The molecule has 156 valence electrons. The standard InChI is InChI=1S/C22H19FN6O2/c1-27-11-12-28(13-14-5-2-3-6-16(14)23)20-15(21(27)30)8-9-18(25-20)29-17-7-4-10-24-19(17)26-22(29)31/h2-10H,11-13H2,1H3,(H,24,26,31). The number of H-pyrrole nitrogens is 1. The lowest BCUT2D eigenvalue weighted by Gasteiger charge is -2.24. The minimum atomic E-state index is -0.376. The summed E-state index contributed by atoms with van der Waals surface area (Å²) in [4.78, 5) is 40.5. The minimum absolute atomic E-state index is 0.168. The van der Waals surface area contributed by atoms with Crippen molar-refractivity contribution in [2.75, 3.05) is 25.0 Å². The molecule has 0 unspecified atom stereocenters. The van der Waals surface area contributed by atoms with Crippen molar-refractivity contribution in [2.24, 2.45) is 0 Å². The summed E-state index contributed by atoms with van der Waals surface area (Å²) in [5.41, 5.74) is 1.57. The summed E-state index contributed by atoms with van der Waals surface area (Å²) in [6, 6.07) is 13.3. The van der Waals surface area contributed by atoms with Crippen molar-refractivity contribution in [3.63, 3.8) is 0 Å². The highest BCUT2D eigenvalue weighted by atomic mass is 19.1. The molecule has 0 fully saturated rings. The van der Waals surface area contributed by atoms with Crippen molar-refractivity contribution >= 4 is 22.9 Å².